The van der Waals surface area contributed by atoms with E-state index in [0.717, 1.165) is 0 Å². The van der Waals surface area contributed by atoms with Crippen LogP contribution in [0.4, 0.5) is 0 Å². The molecule has 33 heavy (non-hydrogen) atoms. The van der Waals surface area contributed by atoms with Crippen LogP contribution < -0.4 is 5.73 Å². The molecule has 4 unspecified atom stereocenters. The maximum Gasteiger partial charge on any atom is 0.187 e. The third-order valence-corrected chi connectivity index (χ3v) is 6.49. The Kier molecular flexibility index (Phi) is 9.09. The summed E-state index contributed by atoms with van der Waals surface area (Å²) in [4.78, 5) is 0. The molecule has 3 aliphatic heterocycles. The molecule has 12 atom stereocenters. The number of rotatable bonds is 7. The first-order chi connectivity index (χ1) is 15.5. The van der Waals surface area contributed by atoms with Crippen molar-refractivity contribution >= 4 is 0 Å². The van der Waals surface area contributed by atoms with Gasteiger partial charge in [0.25, 0.3) is 0 Å². The van der Waals surface area contributed by atoms with Crippen LogP contribution in [0.15, 0.2) is 0 Å². The minimum atomic E-state index is -1.55. The molecule has 0 aliphatic carbocycles. The summed E-state index contributed by atoms with van der Waals surface area (Å²) in [5.41, 5.74) is 5.50. The molecule has 3 fully saturated rings. The van der Waals surface area contributed by atoms with Crippen LogP contribution in [-0.4, -0.2) is 124 Å². The molecule has 0 aromatic carbocycles. The standard InChI is InChI=1S/C21H39NO11/c1-21(2,3)19-17(28)18(12(8-24)30-19)33-13-5-4-9(10(6-22)29-13)31-20-16(27)15(26)14(25)11(7-23)32-20/h9-20,23-28H,4-8,22H2,1-3H3/t9?,10-,11?,12+,13-,14+,15-,16?,17?,18-,19+,20-/m0/s1. The average Bonchev–Trinajstić information content (AvgIpc) is 3.10. The summed E-state index contributed by atoms with van der Waals surface area (Å²) >= 11 is 0. The van der Waals surface area contributed by atoms with Gasteiger partial charge >= 0.3 is 0 Å². The molecule has 12 heteroatoms. The van der Waals surface area contributed by atoms with Crippen LogP contribution in [0.3, 0.4) is 0 Å². The second-order valence-electron chi connectivity index (χ2n) is 10.0. The molecule has 194 valence electrons. The van der Waals surface area contributed by atoms with E-state index in [9.17, 15) is 30.6 Å². The van der Waals surface area contributed by atoms with Gasteiger partial charge in [0.05, 0.1) is 31.5 Å². The maximum atomic E-state index is 10.8. The number of aliphatic hydroxyl groups excluding tert-OH is 6. The Morgan fingerprint density at radius 2 is 1.45 bits per heavy atom. The summed E-state index contributed by atoms with van der Waals surface area (Å²) in [6.07, 6.45) is -11.1. The van der Waals surface area contributed by atoms with Crippen LogP contribution in [0.1, 0.15) is 33.6 Å². The van der Waals surface area contributed by atoms with Gasteiger partial charge in [-0.3, -0.25) is 0 Å². The van der Waals surface area contributed by atoms with Crippen molar-refractivity contribution < 1.29 is 54.3 Å². The van der Waals surface area contributed by atoms with Crippen LogP contribution in [0.25, 0.3) is 0 Å². The summed E-state index contributed by atoms with van der Waals surface area (Å²) in [5, 5.41) is 59.9. The molecule has 3 saturated heterocycles. The average molecular weight is 482 g/mol. The first-order valence-corrected chi connectivity index (χ1v) is 11.4. The van der Waals surface area contributed by atoms with E-state index >= 15 is 0 Å². The van der Waals surface area contributed by atoms with Gasteiger partial charge in [0.2, 0.25) is 0 Å². The van der Waals surface area contributed by atoms with Gasteiger partial charge in [-0.05, 0) is 11.8 Å². The molecular formula is C21H39NO11. The van der Waals surface area contributed by atoms with Crippen molar-refractivity contribution in [2.75, 3.05) is 19.8 Å². The van der Waals surface area contributed by atoms with Gasteiger partial charge in [-0.15, -0.1) is 0 Å². The van der Waals surface area contributed by atoms with Gasteiger partial charge in [0.15, 0.2) is 12.6 Å². The molecular weight excluding hydrogens is 442 g/mol. The van der Waals surface area contributed by atoms with Crippen LogP contribution in [0, 0.1) is 5.41 Å². The number of aliphatic hydroxyl groups is 6. The van der Waals surface area contributed by atoms with Crippen molar-refractivity contribution in [1.82, 2.24) is 0 Å². The van der Waals surface area contributed by atoms with E-state index in [4.69, 9.17) is 29.4 Å². The molecule has 0 aromatic rings. The van der Waals surface area contributed by atoms with E-state index in [2.05, 4.69) is 0 Å². The lowest BCUT2D eigenvalue weighted by Crippen LogP contribution is -2.60. The highest BCUT2D eigenvalue weighted by molar-refractivity contribution is 4.97. The second kappa shape index (κ2) is 11.1. The molecule has 0 radical (unpaired) electrons. The fourth-order valence-corrected chi connectivity index (χ4v) is 4.60. The first-order valence-electron chi connectivity index (χ1n) is 11.4. The molecule has 0 amide bonds. The Labute approximate surface area is 193 Å². The van der Waals surface area contributed by atoms with Crippen LogP contribution in [-0.2, 0) is 23.7 Å². The largest absolute Gasteiger partial charge is 0.394 e. The molecule has 0 bridgehead atoms. The third-order valence-electron chi connectivity index (χ3n) is 6.49. The smallest absolute Gasteiger partial charge is 0.187 e. The van der Waals surface area contributed by atoms with Crippen molar-refractivity contribution in [3.63, 3.8) is 0 Å². The van der Waals surface area contributed by atoms with Gasteiger partial charge < -0.3 is 60.1 Å². The quantitative estimate of drug-likeness (QED) is 0.198. The molecule has 0 aromatic heterocycles. The Bertz CT molecular complexity index is 618. The van der Waals surface area contributed by atoms with Crippen LogP contribution >= 0.6 is 0 Å². The SMILES string of the molecule is CC(C)(C)[C@@H]1O[C@H](CO)[C@H](O[C@H]2CCC(O[C@H]3OC(CO)[C@@H](O)[C@H](O)C3O)[C@H](CN)O2)C1O. The summed E-state index contributed by atoms with van der Waals surface area (Å²) in [5.74, 6) is 0. The Hall–Kier alpha value is -0.480. The monoisotopic (exact) mass is 481 g/mol. The van der Waals surface area contributed by atoms with Gasteiger partial charge in [0, 0.05) is 13.0 Å². The van der Waals surface area contributed by atoms with E-state index in [1.165, 1.54) is 0 Å². The number of ether oxygens (including phenoxy) is 5. The van der Waals surface area contributed by atoms with Crippen molar-refractivity contribution in [1.29, 1.82) is 0 Å². The van der Waals surface area contributed by atoms with Gasteiger partial charge in [-0.2, -0.15) is 0 Å². The molecule has 12 nitrogen and oxygen atoms in total. The lowest BCUT2D eigenvalue weighted by molar-refractivity contribution is -0.333. The lowest BCUT2D eigenvalue weighted by Gasteiger charge is -2.43. The van der Waals surface area contributed by atoms with Gasteiger partial charge in [0.1, 0.15) is 42.7 Å². The van der Waals surface area contributed by atoms with Gasteiger partial charge in [-0.25, -0.2) is 0 Å². The van der Waals surface area contributed by atoms with Gasteiger partial charge in [-0.1, -0.05) is 20.8 Å². The minimum absolute atomic E-state index is 0.0553. The topological polar surface area (TPSA) is 194 Å². The molecule has 0 saturated carbocycles. The van der Waals surface area contributed by atoms with Crippen molar-refractivity contribution in [3.8, 4) is 0 Å². The number of hydrogen-bond donors (Lipinski definition) is 7. The van der Waals surface area contributed by atoms with Crippen LogP contribution in [0.5, 0.6) is 0 Å². The van der Waals surface area contributed by atoms with E-state index in [1.807, 2.05) is 20.8 Å². The van der Waals surface area contributed by atoms with E-state index in [0.29, 0.717) is 12.8 Å². The van der Waals surface area contributed by atoms with Crippen molar-refractivity contribution in [3.05, 3.63) is 0 Å². The molecule has 3 aliphatic rings. The normalized spacial score (nSPS) is 47.1. The predicted molar refractivity (Wildman–Crippen MR) is 112 cm³/mol. The molecule has 3 rings (SSSR count). The summed E-state index contributed by atoms with van der Waals surface area (Å²) in [6.45, 7) is 4.97. The fraction of sp³-hybridized carbons (Fsp3) is 1.00. The Morgan fingerprint density at radius 3 is 2.03 bits per heavy atom. The zero-order chi connectivity index (χ0) is 24.5. The zero-order valence-electron chi connectivity index (χ0n) is 19.3. The number of nitrogens with two attached hydrogens (primary N) is 1. The first kappa shape index (κ1) is 27.1. The highest BCUT2D eigenvalue weighted by Crippen LogP contribution is 2.37. The third kappa shape index (κ3) is 5.85. The molecule has 3 heterocycles. The van der Waals surface area contributed by atoms with Crippen LogP contribution in [0.2, 0.25) is 0 Å². The zero-order valence-corrected chi connectivity index (χ0v) is 19.3. The minimum Gasteiger partial charge on any atom is -0.394 e. The number of hydrogen-bond acceptors (Lipinski definition) is 12. The predicted octanol–water partition coefficient (Wildman–Crippen LogP) is -2.81. The summed E-state index contributed by atoms with van der Waals surface area (Å²) in [6, 6.07) is 0. The van der Waals surface area contributed by atoms with E-state index in [1.54, 1.807) is 0 Å². The van der Waals surface area contributed by atoms with E-state index < -0.39 is 80.2 Å². The molecule has 0 spiro atoms. The fourth-order valence-electron chi connectivity index (χ4n) is 4.60. The molecule has 8 N–H and O–H groups in total. The summed E-state index contributed by atoms with van der Waals surface area (Å²) in [7, 11) is 0. The van der Waals surface area contributed by atoms with Crippen molar-refractivity contribution in [2.24, 2.45) is 11.1 Å². The maximum absolute atomic E-state index is 10.8. The lowest BCUT2D eigenvalue weighted by atomic mass is 9.85. The van der Waals surface area contributed by atoms with Crippen molar-refractivity contribution in [2.45, 2.75) is 107 Å². The summed E-state index contributed by atoms with van der Waals surface area (Å²) < 4.78 is 29.0. The Balaban J connectivity index is 1.60. The highest BCUT2D eigenvalue weighted by atomic mass is 16.7. The second-order valence-corrected chi connectivity index (χ2v) is 10.0. The highest BCUT2D eigenvalue weighted by Gasteiger charge is 2.51. The van der Waals surface area contributed by atoms with E-state index in [-0.39, 0.29) is 18.6 Å². The Morgan fingerprint density at radius 1 is 0.788 bits per heavy atom.